The Labute approximate surface area is 141 Å². The molecule has 130 valence electrons. The van der Waals surface area contributed by atoms with Gasteiger partial charge in [-0.25, -0.2) is 4.98 Å². The minimum absolute atomic E-state index is 0.0773. The molecule has 0 radical (unpaired) electrons. The molecule has 1 aromatic rings. The quantitative estimate of drug-likeness (QED) is 0.811. The van der Waals surface area contributed by atoms with Crippen molar-refractivity contribution in [3.63, 3.8) is 0 Å². The Balaban J connectivity index is 1.86. The molecule has 3 heterocycles. The zero-order chi connectivity index (χ0) is 17.3. The van der Waals surface area contributed by atoms with Crippen molar-refractivity contribution in [2.24, 2.45) is 5.41 Å². The summed E-state index contributed by atoms with van der Waals surface area (Å²) in [6, 6.07) is 5.34. The van der Waals surface area contributed by atoms with Gasteiger partial charge in [-0.15, -0.1) is 0 Å². The molecule has 1 aromatic heterocycles. The molecule has 2 aliphatic heterocycles. The zero-order valence-corrected chi connectivity index (χ0v) is 14.2. The van der Waals surface area contributed by atoms with E-state index in [-0.39, 0.29) is 11.8 Å². The molecule has 1 spiro atoms. The Hall–Kier alpha value is -2.15. The summed E-state index contributed by atoms with van der Waals surface area (Å²) in [7, 11) is 3.38. The molecular formula is C17H24N4O3. The number of carbonyl (C=O) groups excluding carboxylic acids is 2. The molecule has 0 saturated carbocycles. The van der Waals surface area contributed by atoms with Crippen LogP contribution in [0.25, 0.3) is 0 Å². The summed E-state index contributed by atoms with van der Waals surface area (Å²) in [5.74, 6) is 0.442. The first-order chi connectivity index (χ1) is 11.4. The second kappa shape index (κ2) is 6.39. The summed E-state index contributed by atoms with van der Waals surface area (Å²) < 4.78 is 0. The van der Waals surface area contributed by atoms with Crippen LogP contribution in [0.4, 0.5) is 5.82 Å². The maximum Gasteiger partial charge on any atom is 0.272 e. The number of pyridine rings is 1. The molecule has 2 fully saturated rings. The average Bonchev–Trinajstić information content (AvgIpc) is 2.59. The number of piperidine rings is 2. The first kappa shape index (κ1) is 16.7. The molecule has 0 unspecified atom stereocenters. The van der Waals surface area contributed by atoms with Crippen LogP contribution in [-0.4, -0.2) is 66.6 Å². The molecule has 0 bridgehead atoms. The smallest absolute Gasteiger partial charge is 0.272 e. The second-order valence-electron chi connectivity index (χ2n) is 6.82. The van der Waals surface area contributed by atoms with Crippen LogP contribution >= 0.6 is 0 Å². The summed E-state index contributed by atoms with van der Waals surface area (Å²) in [5.41, 5.74) is -0.398. The maximum atomic E-state index is 12.4. The van der Waals surface area contributed by atoms with E-state index in [0.717, 1.165) is 6.42 Å². The molecule has 2 atom stereocenters. The highest BCUT2D eigenvalue weighted by atomic mass is 16.3. The van der Waals surface area contributed by atoms with Crippen molar-refractivity contribution in [2.75, 3.05) is 38.6 Å². The number of aliphatic hydroxyl groups excluding tert-OH is 1. The van der Waals surface area contributed by atoms with Crippen molar-refractivity contribution < 1.29 is 14.7 Å². The Bertz CT molecular complexity index is 648. The fourth-order valence-electron chi connectivity index (χ4n) is 3.59. The predicted molar refractivity (Wildman–Crippen MR) is 89.8 cm³/mol. The fraction of sp³-hybridized carbons (Fsp3) is 0.588. The van der Waals surface area contributed by atoms with Gasteiger partial charge in [0.1, 0.15) is 11.5 Å². The van der Waals surface area contributed by atoms with Crippen molar-refractivity contribution in [2.45, 2.75) is 25.4 Å². The Kier molecular flexibility index (Phi) is 4.45. The van der Waals surface area contributed by atoms with E-state index in [2.05, 4.69) is 10.3 Å². The highest BCUT2D eigenvalue weighted by Gasteiger charge is 2.50. The van der Waals surface area contributed by atoms with Crippen molar-refractivity contribution in [3.05, 3.63) is 23.9 Å². The first-order valence-corrected chi connectivity index (χ1v) is 8.34. The van der Waals surface area contributed by atoms with E-state index in [9.17, 15) is 14.7 Å². The van der Waals surface area contributed by atoms with Gasteiger partial charge >= 0.3 is 0 Å². The molecule has 2 saturated heterocycles. The van der Waals surface area contributed by atoms with Crippen molar-refractivity contribution in [1.82, 2.24) is 15.2 Å². The third-order valence-electron chi connectivity index (χ3n) is 5.00. The SMILES string of the molecule is CN(C)C(=O)c1cccc(N2CC[C@@H](O)[C@@]3(CCCNC3=O)C2)n1. The van der Waals surface area contributed by atoms with Crippen LogP contribution in [0.3, 0.4) is 0 Å². The van der Waals surface area contributed by atoms with Crippen LogP contribution in [0.15, 0.2) is 18.2 Å². The number of hydrogen-bond donors (Lipinski definition) is 2. The summed E-state index contributed by atoms with van der Waals surface area (Å²) in [6.45, 7) is 1.70. The summed E-state index contributed by atoms with van der Waals surface area (Å²) in [5, 5.41) is 13.3. The highest BCUT2D eigenvalue weighted by Crippen LogP contribution is 2.38. The molecule has 0 aromatic carbocycles. The molecule has 7 heteroatoms. The third-order valence-corrected chi connectivity index (χ3v) is 5.00. The first-order valence-electron chi connectivity index (χ1n) is 8.34. The lowest BCUT2D eigenvalue weighted by Crippen LogP contribution is -2.61. The number of rotatable bonds is 2. The van der Waals surface area contributed by atoms with Crippen LogP contribution in [0.2, 0.25) is 0 Å². The second-order valence-corrected chi connectivity index (χ2v) is 6.82. The third kappa shape index (κ3) is 2.84. The summed E-state index contributed by atoms with van der Waals surface area (Å²) in [4.78, 5) is 32.5. The van der Waals surface area contributed by atoms with Crippen LogP contribution in [0.5, 0.6) is 0 Å². The lowest BCUT2D eigenvalue weighted by Gasteiger charge is -2.47. The molecule has 3 rings (SSSR count). The van der Waals surface area contributed by atoms with Gasteiger partial charge in [0, 0.05) is 33.7 Å². The van der Waals surface area contributed by atoms with Gasteiger partial charge in [0.05, 0.1) is 11.5 Å². The number of aliphatic hydroxyl groups is 1. The Morgan fingerprint density at radius 3 is 2.96 bits per heavy atom. The van der Waals surface area contributed by atoms with Gasteiger partial charge < -0.3 is 20.2 Å². The van der Waals surface area contributed by atoms with Crippen molar-refractivity contribution in [1.29, 1.82) is 0 Å². The van der Waals surface area contributed by atoms with E-state index >= 15 is 0 Å². The minimum Gasteiger partial charge on any atom is -0.392 e. The molecule has 2 N–H and O–H groups in total. The van der Waals surface area contributed by atoms with Gasteiger partial charge in [0.2, 0.25) is 5.91 Å². The number of carbonyl (C=O) groups is 2. The van der Waals surface area contributed by atoms with Crippen LogP contribution in [0.1, 0.15) is 29.8 Å². The summed E-state index contributed by atoms with van der Waals surface area (Å²) in [6.07, 6.45) is 1.41. The number of nitrogens with one attached hydrogen (secondary N) is 1. The number of anilines is 1. The van der Waals surface area contributed by atoms with Crippen LogP contribution in [-0.2, 0) is 4.79 Å². The Morgan fingerprint density at radius 1 is 1.46 bits per heavy atom. The summed E-state index contributed by atoms with van der Waals surface area (Å²) >= 11 is 0. The monoisotopic (exact) mass is 332 g/mol. The number of amides is 2. The minimum atomic E-state index is -0.778. The molecule has 7 nitrogen and oxygen atoms in total. The topological polar surface area (TPSA) is 85.8 Å². The lowest BCUT2D eigenvalue weighted by molar-refractivity contribution is -0.142. The van der Waals surface area contributed by atoms with E-state index in [4.69, 9.17) is 0 Å². The van der Waals surface area contributed by atoms with E-state index in [1.807, 2.05) is 11.0 Å². The average molecular weight is 332 g/mol. The number of aromatic nitrogens is 1. The standard InChI is InChI=1S/C17H24N4O3/c1-20(2)15(23)12-5-3-6-14(19-12)21-10-7-13(22)17(11-21)8-4-9-18-16(17)24/h3,5-6,13,22H,4,7-11H2,1-2H3,(H,18,24)/t13-,17-/m1/s1. The zero-order valence-electron chi connectivity index (χ0n) is 14.2. The Morgan fingerprint density at radius 2 is 2.25 bits per heavy atom. The van der Waals surface area contributed by atoms with Crippen LogP contribution in [0, 0.1) is 5.41 Å². The van der Waals surface area contributed by atoms with Crippen molar-refractivity contribution >= 4 is 17.6 Å². The number of nitrogens with zero attached hydrogens (tertiary/aromatic N) is 3. The largest absolute Gasteiger partial charge is 0.392 e. The molecular weight excluding hydrogens is 308 g/mol. The van der Waals surface area contributed by atoms with Gasteiger partial charge in [-0.1, -0.05) is 6.07 Å². The van der Waals surface area contributed by atoms with Crippen LogP contribution < -0.4 is 10.2 Å². The normalized spacial score (nSPS) is 27.0. The van der Waals surface area contributed by atoms with Gasteiger partial charge in [0.25, 0.3) is 5.91 Å². The van der Waals surface area contributed by atoms with E-state index in [0.29, 0.717) is 44.0 Å². The highest BCUT2D eigenvalue weighted by molar-refractivity contribution is 5.92. The molecule has 0 aliphatic carbocycles. The predicted octanol–water partition coefficient (Wildman–Crippen LogP) is 0.251. The molecule has 2 amide bonds. The van der Waals surface area contributed by atoms with Gasteiger partial charge in [-0.05, 0) is 31.4 Å². The van der Waals surface area contributed by atoms with Gasteiger partial charge in [0.15, 0.2) is 0 Å². The molecule has 2 aliphatic rings. The maximum absolute atomic E-state index is 12.4. The van der Waals surface area contributed by atoms with Crippen molar-refractivity contribution in [3.8, 4) is 0 Å². The van der Waals surface area contributed by atoms with Gasteiger partial charge in [-0.2, -0.15) is 0 Å². The van der Waals surface area contributed by atoms with E-state index in [1.165, 1.54) is 4.90 Å². The van der Waals surface area contributed by atoms with E-state index < -0.39 is 11.5 Å². The fourth-order valence-corrected chi connectivity index (χ4v) is 3.59. The number of hydrogen-bond acceptors (Lipinski definition) is 5. The van der Waals surface area contributed by atoms with E-state index in [1.54, 1.807) is 26.2 Å². The molecule has 24 heavy (non-hydrogen) atoms. The van der Waals surface area contributed by atoms with Gasteiger partial charge in [-0.3, -0.25) is 9.59 Å². The lowest BCUT2D eigenvalue weighted by atomic mass is 9.71.